The number of para-hydroxylation sites is 1. The molecule has 3 aromatic rings. The van der Waals surface area contributed by atoms with Crippen molar-refractivity contribution < 1.29 is 12.8 Å². The Labute approximate surface area is 195 Å². The van der Waals surface area contributed by atoms with Gasteiger partial charge in [0.05, 0.1) is 29.9 Å². The predicted molar refractivity (Wildman–Crippen MR) is 128 cm³/mol. The molecule has 0 radical (unpaired) electrons. The van der Waals surface area contributed by atoms with Crippen LogP contribution in [0.4, 0.5) is 4.39 Å². The van der Waals surface area contributed by atoms with Gasteiger partial charge in [0.15, 0.2) is 0 Å². The topological polar surface area (TPSA) is 58.4 Å². The average molecular weight is 471 g/mol. The van der Waals surface area contributed by atoms with Gasteiger partial charge in [-0.05, 0) is 35.7 Å². The molecule has 33 heavy (non-hydrogen) atoms. The van der Waals surface area contributed by atoms with Crippen molar-refractivity contribution in [3.05, 3.63) is 82.9 Å². The maximum absolute atomic E-state index is 13.3. The normalized spacial score (nSPS) is 14.7. The van der Waals surface area contributed by atoms with Crippen molar-refractivity contribution in [1.29, 1.82) is 0 Å². The van der Waals surface area contributed by atoms with Gasteiger partial charge >= 0.3 is 0 Å². The third kappa shape index (κ3) is 5.69. The molecule has 1 aliphatic heterocycles. The van der Waals surface area contributed by atoms with Gasteiger partial charge in [0.1, 0.15) is 5.82 Å². The van der Waals surface area contributed by atoms with E-state index in [2.05, 4.69) is 4.90 Å². The van der Waals surface area contributed by atoms with Gasteiger partial charge in [-0.1, -0.05) is 44.2 Å². The molecule has 0 fully saturated rings. The molecule has 6 nitrogen and oxygen atoms in total. The highest BCUT2D eigenvalue weighted by atomic mass is 32.2. The molecule has 1 aliphatic rings. The summed E-state index contributed by atoms with van der Waals surface area (Å²) in [5.74, 6) is -0.0288. The molecule has 4 rings (SSSR count). The van der Waals surface area contributed by atoms with E-state index in [1.165, 1.54) is 22.7 Å². The van der Waals surface area contributed by atoms with Crippen LogP contribution in [0.2, 0.25) is 0 Å². The molecule has 176 valence electrons. The highest BCUT2D eigenvalue weighted by molar-refractivity contribution is 7.88. The number of hydrogen-bond donors (Lipinski definition) is 0. The second-order valence-electron chi connectivity index (χ2n) is 9.16. The molecule has 0 saturated heterocycles. The monoisotopic (exact) mass is 470 g/mol. The smallest absolute Gasteiger partial charge is 0.211 e. The second-order valence-corrected chi connectivity index (χ2v) is 11.1. The van der Waals surface area contributed by atoms with Crippen molar-refractivity contribution in [3.63, 3.8) is 0 Å². The standard InChI is InChI=1S/C25H31FN4O2S/c1-19(2)15-29(33(3,31)32)18-24-23-17-28(16-20-9-11-21(26)12-10-20)14-13-25(23)30(27-24)22-7-5-4-6-8-22/h4-12,19H,13-18H2,1-3H3. The lowest BCUT2D eigenvalue weighted by atomic mass is 10.0. The van der Waals surface area contributed by atoms with E-state index in [0.29, 0.717) is 19.6 Å². The van der Waals surface area contributed by atoms with Crippen LogP contribution >= 0.6 is 0 Å². The fraction of sp³-hybridized carbons (Fsp3) is 0.400. The van der Waals surface area contributed by atoms with E-state index in [0.717, 1.165) is 41.2 Å². The minimum Gasteiger partial charge on any atom is -0.294 e. The third-order valence-electron chi connectivity index (χ3n) is 5.90. The van der Waals surface area contributed by atoms with Gasteiger partial charge in [0.25, 0.3) is 0 Å². The van der Waals surface area contributed by atoms with Crippen LogP contribution in [-0.4, -0.2) is 46.7 Å². The number of hydrogen-bond acceptors (Lipinski definition) is 4. The summed E-state index contributed by atoms with van der Waals surface area (Å²) < 4.78 is 41.8. The Hall–Kier alpha value is -2.55. The quantitative estimate of drug-likeness (QED) is 0.500. The molecule has 2 heterocycles. The number of aromatic nitrogens is 2. The Morgan fingerprint density at radius 2 is 1.79 bits per heavy atom. The molecule has 0 aliphatic carbocycles. The number of rotatable bonds is 8. The van der Waals surface area contributed by atoms with Crippen molar-refractivity contribution >= 4 is 10.0 Å². The molecule has 1 aromatic heterocycles. The van der Waals surface area contributed by atoms with E-state index < -0.39 is 10.0 Å². The highest BCUT2D eigenvalue weighted by Crippen LogP contribution is 2.28. The summed E-state index contributed by atoms with van der Waals surface area (Å²) in [6.45, 7) is 6.96. The SMILES string of the molecule is CC(C)CN(Cc1nn(-c2ccccc2)c2c1CN(Cc1ccc(F)cc1)CC2)S(C)(=O)=O. The molecule has 0 amide bonds. The zero-order valence-corrected chi connectivity index (χ0v) is 20.2. The van der Waals surface area contributed by atoms with Crippen LogP contribution in [-0.2, 0) is 36.1 Å². The number of halogens is 1. The summed E-state index contributed by atoms with van der Waals surface area (Å²) in [6.07, 6.45) is 2.07. The van der Waals surface area contributed by atoms with Crippen LogP contribution in [0.5, 0.6) is 0 Å². The maximum Gasteiger partial charge on any atom is 0.211 e. The van der Waals surface area contributed by atoms with Crippen molar-refractivity contribution in [2.45, 2.75) is 39.9 Å². The lowest BCUT2D eigenvalue weighted by Crippen LogP contribution is -2.34. The second kappa shape index (κ2) is 9.75. The summed E-state index contributed by atoms with van der Waals surface area (Å²) in [4.78, 5) is 2.31. The Balaban J connectivity index is 1.68. The van der Waals surface area contributed by atoms with Crippen LogP contribution in [0.1, 0.15) is 36.4 Å². The lowest BCUT2D eigenvalue weighted by Gasteiger charge is -2.28. The number of benzene rings is 2. The van der Waals surface area contributed by atoms with Gasteiger partial charge in [-0.3, -0.25) is 4.90 Å². The molecule has 0 bridgehead atoms. The zero-order valence-electron chi connectivity index (χ0n) is 19.4. The van der Waals surface area contributed by atoms with Crippen LogP contribution in [0.25, 0.3) is 5.69 Å². The fourth-order valence-electron chi connectivity index (χ4n) is 4.33. The molecular formula is C25H31FN4O2S. The largest absolute Gasteiger partial charge is 0.294 e. The van der Waals surface area contributed by atoms with Gasteiger partial charge in [-0.2, -0.15) is 9.40 Å². The van der Waals surface area contributed by atoms with Crippen LogP contribution in [0.15, 0.2) is 54.6 Å². The fourth-order valence-corrected chi connectivity index (χ4v) is 5.25. The Bertz CT molecular complexity index is 1190. The number of fused-ring (bicyclic) bond motifs is 1. The first-order valence-corrected chi connectivity index (χ1v) is 13.1. The highest BCUT2D eigenvalue weighted by Gasteiger charge is 2.28. The summed E-state index contributed by atoms with van der Waals surface area (Å²) in [5, 5.41) is 4.91. The Kier molecular flexibility index (Phi) is 6.97. The van der Waals surface area contributed by atoms with Gasteiger partial charge in [-0.25, -0.2) is 17.5 Å². The van der Waals surface area contributed by atoms with Crippen molar-refractivity contribution in [2.75, 3.05) is 19.3 Å². The first kappa shape index (κ1) is 23.6. The van der Waals surface area contributed by atoms with E-state index >= 15 is 0 Å². The minimum atomic E-state index is -3.37. The third-order valence-corrected chi connectivity index (χ3v) is 7.12. The van der Waals surface area contributed by atoms with E-state index in [1.54, 1.807) is 0 Å². The van der Waals surface area contributed by atoms with Crippen molar-refractivity contribution in [3.8, 4) is 5.69 Å². The molecular weight excluding hydrogens is 439 g/mol. The lowest BCUT2D eigenvalue weighted by molar-refractivity contribution is 0.242. The zero-order chi connectivity index (χ0) is 23.6. The average Bonchev–Trinajstić information content (AvgIpc) is 3.12. The summed E-state index contributed by atoms with van der Waals surface area (Å²) in [7, 11) is -3.37. The van der Waals surface area contributed by atoms with Gasteiger partial charge in [-0.15, -0.1) is 0 Å². The maximum atomic E-state index is 13.3. The Morgan fingerprint density at radius 3 is 2.42 bits per heavy atom. The van der Waals surface area contributed by atoms with Crippen LogP contribution in [0.3, 0.4) is 0 Å². The molecule has 0 N–H and O–H groups in total. The first-order chi connectivity index (χ1) is 15.7. The van der Waals surface area contributed by atoms with Gasteiger partial charge in [0, 0.05) is 38.2 Å². The molecule has 0 saturated carbocycles. The number of nitrogens with zero attached hydrogens (tertiary/aromatic N) is 4. The van der Waals surface area contributed by atoms with E-state index in [4.69, 9.17) is 5.10 Å². The summed E-state index contributed by atoms with van der Waals surface area (Å²) in [6, 6.07) is 16.6. The predicted octanol–water partition coefficient (Wildman–Crippen LogP) is 3.99. The molecule has 0 spiro atoms. The van der Waals surface area contributed by atoms with E-state index in [9.17, 15) is 12.8 Å². The van der Waals surface area contributed by atoms with Crippen LogP contribution in [0, 0.1) is 11.7 Å². The van der Waals surface area contributed by atoms with Crippen molar-refractivity contribution in [2.24, 2.45) is 5.92 Å². The van der Waals surface area contributed by atoms with Gasteiger partial charge in [0.2, 0.25) is 10.0 Å². The van der Waals surface area contributed by atoms with E-state index in [1.807, 2.05) is 61.0 Å². The summed E-state index contributed by atoms with van der Waals surface area (Å²) in [5.41, 5.74) is 5.04. The molecule has 8 heteroatoms. The van der Waals surface area contributed by atoms with Gasteiger partial charge < -0.3 is 0 Å². The van der Waals surface area contributed by atoms with E-state index in [-0.39, 0.29) is 18.3 Å². The molecule has 0 unspecified atom stereocenters. The summed E-state index contributed by atoms with van der Waals surface area (Å²) >= 11 is 0. The minimum absolute atomic E-state index is 0.210. The Morgan fingerprint density at radius 1 is 1.09 bits per heavy atom. The van der Waals surface area contributed by atoms with Crippen LogP contribution < -0.4 is 0 Å². The molecule has 0 atom stereocenters. The van der Waals surface area contributed by atoms with Crippen molar-refractivity contribution in [1.82, 2.24) is 19.0 Å². The number of sulfonamides is 1. The first-order valence-electron chi connectivity index (χ1n) is 11.3. The molecule has 2 aromatic carbocycles.